The fraction of sp³-hybridized carbons (Fsp3) is 0. The lowest BCUT2D eigenvalue weighted by Gasteiger charge is -2.11. The van der Waals surface area contributed by atoms with Crippen molar-refractivity contribution in [2.24, 2.45) is 0 Å². The van der Waals surface area contributed by atoms with Crippen molar-refractivity contribution in [1.29, 1.82) is 0 Å². The zero-order valence-corrected chi connectivity index (χ0v) is 18.3. The Morgan fingerprint density at radius 3 is 2.41 bits per heavy atom. The van der Waals surface area contributed by atoms with E-state index in [0.717, 1.165) is 34.3 Å². The van der Waals surface area contributed by atoms with E-state index in [1.54, 1.807) is 12.1 Å². The third-order valence-electron chi connectivity index (χ3n) is 5.11. The number of hydrogen-bond donors (Lipinski definition) is 3. The van der Waals surface area contributed by atoms with Crippen LogP contribution < -0.4 is 10.0 Å². The van der Waals surface area contributed by atoms with Crippen LogP contribution in [0.1, 0.15) is 0 Å². The predicted octanol–water partition coefficient (Wildman–Crippen LogP) is 5.45. The minimum atomic E-state index is -4.22. The lowest BCUT2D eigenvalue weighted by atomic mass is 10.1. The van der Waals surface area contributed by atoms with Gasteiger partial charge in [0.1, 0.15) is 28.7 Å². The number of benzene rings is 3. The molecule has 10 heteroatoms. The molecule has 0 aliphatic rings. The maximum absolute atomic E-state index is 13.9. The van der Waals surface area contributed by atoms with Crippen LogP contribution in [0.5, 0.6) is 0 Å². The number of H-pyrrole nitrogens is 1. The Balaban J connectivity index is 1.32. The van der Waals surface area contributed by atoms with E-state index in [1.165, 1.54) is 18.5 Å². The van der Waals surface area contributed by atoms with E-state index in [4.69, 9.17) is 0 Å². The van der Waals surface area contributed by atoms with Gasteiger partial charge < -0.3 is 10.3 Å². The number of nitrogens with zero attached hydrogens (tertiary/aromatic N) is 2. The molecule has 0 bridgehead atoms. The second-order valence-electron chi connectivity index (χ2n) is 7.45. The Morgan fingerprint density at radius 1 is 0.824 bits per heavy atom. The second-order valence-corrected chi connectivity index (χ2v) is 9.10. The first kappa shape index (κ1) is 21.5. The molecule has 0 fully saturated rings. The number of rotatable bonds is 6. The van der Waals surface area contributed by atoms with Crippen molar-refractivity contribution in [2.45, 2.75) is 4.90 Å². The minimum Gasteiger partial charge on any atom is -0.361 e. The summed E-state index contributed by atoms with van der Waals surface area (Å²) in [6.07, 6.45) is 3.33. The van der Waals surface area contributed by atoms with Crippen molar-refractivity contribution < 1.29 is 17.2 Å². The Labute approximate surface area is 193 Å². The molecule has 0 radical (unpaired) electrons. The number of fused-ring (bicyclic) bond motifs is 1. The number of anilines is 3. The van der Waals surface area contributed by atoms with Gasteiger partial charge in [0.25, 0.3) is 10.0 Å². The third kappa shape index (κ3) is 4.44. The first-order valence-electron chi connectivity index (χ1n) is 10.1. The van der Waals surface area contributed by atoms with Gasteiger partial charge in [0.2, 0.25) is 0 Å². The molecule has 0 aliphatic heterocycles. The van der Waals surface area contributed by atoms with Crippen LogP contribution in [-0.4, -0.2) is 23.4 Å². The van der Waals surface area contributed by atoms with E-state index in [1.807, 2.05) is 36.5 Å². The normalized spacial score (nSPS) is 11.5. The van der Waals surface area contributed by atoms with Gasteiger partial charge in [0, 0.05) is 46.2 Å². The molecular weight excluding hydrogens is 460 g/mol. The number of aromatic nitrogens is 3. The number of nitrogens with one attached hydrogen (secondary N) is 3. The fourth-order valence-electron chi connectivity index (χ4n) is 3.47. The Hall–Kier alpha value is -4.31. The molecule has 0 saturated carbocycles. The van der Waals surface area contributed by atoms with Crippen molar-refractivity contribution in [3.05, 3.63) is 97.0 Å². The number of aromatic amines is 1. The van der Waals surface area contributed by atoms with Crippen LogP contribution in [0.3, 0.4) is 0 Å². The van der Waals surface area contributed by atoms with Gasteiger partial charge in [0.05, 0.1) is 5.69 Å². The van der Waals surface area contributed by atoms with Crippen molar-refractivity contribution in [2.75, 3.05) is 10.0 Å². The number of halogens is 2. The first-order valence-corrected chi connectivity index (χ1v) is 11.6. The summed E-state index contributed by atoms with van der Waals surface area (Å²) in [5, 5.41) is 4.22. The molecule has 7 nitrogen and oxygen atoms in total. The third-order valence-corrected chi connectivity index (χ3v) is 6.52. The molecule has 2 heterocycles. The summed E-state index contributed by atoms with van der Waals surface area (Å²) in [4.78, 5) is 11.1. The molecule has 0 spiro atoms. The van der Waals surface area contributed by atoms with Gasteiger partial charge in [-0.2, -0.15) is 0 Å². The lowest BCUT2D eigenvalue weighted by Crippen LogP contribution is -2.14. The standard InChI is InChI=1S/C24H17F2N5O2S/c25-17-2-8-23(20(26)12-17)34(32,33)31-19-5-3-18(4-6-19)30-24-13-22(28-14-29-24)15-1-7-21-16(11-15)9-10-27-21/h1-14,27,31H,(H,28,29,30). The average molecular weight is 477 g/mol. The van der Waals surface area contributed by atoms with Crippen molar-refractivity contribution >= 4 is 38.1 Å². The van der Waals surface area contributed by atoms with Crippen LogP contribution in [0.25, 0.3) is 22.2 Å². The minimum absolute atomic E-state index is 0.220. The van der Waals surface area contributed by atoms with E-state index in [2.05, 4.69) is 25.0 Å². The highest BCUT2D eigenvalue weighted by atomic mass is 32.2. The zero-order valence-electron chi connectivity index (χ0n) is 17.5. The van der Waals surface area contributed by atoms with Crippen LogP contribution in [-0.2, 0) is 10.0 Å². The molecule has 3 N–H and O–H groups in total. The summed E-state index contributed by atoms with van der Waals surface area (Å²) < 4.78 is 54.1. The largest absolute Gasteiger partial charge is 0.361 e. The molecule has 170 valence electrons. The molecule has 0 amide bonds. The highest BCUT2D eigenvalue weighted by Crippen LogP contribution is 2.26. The first-order chi connectivity index (χ1) is 16.4. The quantitative estimate of drug-likeness (QED) is 0.302. The lowest BCUT2D eigenvalue weighted by molar-refractivity contribution is 0.551. The molecule has 0 aliphatic carbocycles. The summed E-state index contributed by atoms with van der Waals surface area (Å²) in [6.45, 7) is 0. The SMILES string of the molecule is O=S(=O)(Nc1ccc(Nc2cc(-c3ccc4[nH]ccc4c3)ncn2)cc1)c1ccc(F)cc1F. The Kier molecular flexibility index (Phi) is 5.42. The molecule has 3 aromatic carbocycles. The molecule has 0 unspecified atom stereocenters. The molecule has 0 saturated heterocycles. The van der Waals surface area contributed by atoms with Crippen molar-refractivity contribution in [3.63, 3.8) is 0 Å². The van der Waals surface area contributed by atoms with E-state index >= 15 is 0 Å². The second kappa shape index (κ2) is 8.56. The van der Waals surface area contributed by atoms with Gasteiger partial charge in [-0.25, -0.2) is 27.2 Å². The zero-order chi connectivity index (χ0) is 23.7. The monoisotopic (exact) mass is 477 g/mol. The summed E-state index contributed by atoms with van der Waals surface area (Å²) in [5.41, 5.74) is 3.59. The maximum atomic E-state index is 13.9. The van der Waals surface area contributed by atoms with E-state index < -0.39 is 26.6 Å². The predicted molar refractivity (Wildman–Crippen MR) is 126 cm³/mol. The fourth-order valence-corrected chi connectivity index (χ4v) is 4.59. The Bertz CT molecular complexity index is 1600. The summed E-state index contributed by atoms with van der Waals surface area (Å²) >= 11 is 0. The van der Waals surface area contributed by atoms with E-state index in [-0.39, 0.29) is 5.69 Å². The highest BCUT2D eigenvalue weighted by molar-refractivity contribution is 7.92. The topological polar surface area (TPSA) is 99.8 Å². The van der Waals surface area contributed by atoms with Crippen LogP contribution in [0.2, 0.25) is 0 Å². The average Bonchev–Trinajstić information content (AvgIpc) is 3.28. The summed E-state index contributed by atoms with van der Waals surface area (Å²) in [7, 11) is -4.22. The van der Waals surface area contributed by atoms with E-state index in [0.29, 0.717) is 17.6 Å². The van der Waals surface area contributed by atoms with Gasteiger partial charge in [-0.3, -0.25) is 4.72 Å². The maximum Gasteiger partial charge on any atom is 0.264 e. The van der Waals surface area contributed by atoms with Gasteiger partial charge in [0.15, 0.2) is 0 Å². The van der Waals surface area contributed by atoms with Gasteiger partial charge in [-0.05, 0) is 54.6 Å². The van der Waals surface area contributed by atoms with Crippen LogP contribution >= 0.6 is 0 Å². The number of hydrogen-bond acceptors (Lipinski definition) is 5. The molecule has 5 rings (SSSR count). The molecule has 2 aromatic heterocycles. The van der Waals surface area contributed by atoms with Gasteiger partial charge in [-0.1, -0.05) is 6.07 Å². The molecule has 5 aromatic rings. The summed E-state index contributed by atoms with van der Waals surface area (Å²) in [5.74, 6) is -1.47. The van der Waals surface area contributed by atoms with Crippen LogP contribution in [0.15, 0.2) is 90.2 Å². The highest BCUT2D eigenvalue weighted by Gasteiger charge is 2.19. The molecule has 34 heavy (non-hydrogen) atoms. The van der Waals surface area contributed by atoms with Crippen molar-refractivity contribution in [1.82, 2.24) is 15.0 Å². The molecular formula is C24H17F2N5O2S. The van der Waals surface area contributed by atoms with Crippen LogP contribution in [0, 0.1) is 11.6 Å². The summed E-state index contributed by atoms with van der Waals surface area (Å²) in [6, 6.07) is 18.4. The molecule has 0 atom stereocenters. The van der Waals surface area contributed by atoms with Crippen molar-refractivity contribution in [3.8, 4) is 11.3 Å². The van der Waals surface area contributed by atoms with E-state index in [9.17, 15) is 17.2 Å². The van der Waals surface area contributed by atoms with Gasteiger partial charge in [-0.15, -0.1) is 0 Å². The van der Waals surface area contributed by atoms with Gasteiger partial charge >= 0.3 is 0 Å². The Morgan fingerprint density at radius 2 is 1.62 bits per heavy atom. The van der Waals surface area contributed by atoms with Crippen LogP contribution in [0.4, 0.5) is 26.0 Å². The number of sulfonamides is 1. The smallest absolute Gasteiger partial charge is 0.264 e.